The van der Waals surface area contributed by atoms with Crippen LogP contribution in [0.5, 0.6) is 0 Å². The van der Waals surface area contributed by atoms with Gasteiger partial charge in [0.15, 0.2) is 0 Å². The molecule has 2 amide bonds. The van der Waals surface area contributed by atoms with Gasteiger partial charge >= 0.3 is 0 Å². The molecule has 4 aromatic rings. The van der Waals surface area contributed by atoms with Crippen molar-refractivity contribution in [2.24, 2.45) is 11.8 Å². The van der Waals surface area contributed by atoms with Gasteiger partial charge < -0.3 is 25.4 Å². The van der Waals surface area contributed by atoms with Crippen LogP contribution in [-0.4, -0.2) is 63.5 Å². The predicted octanol–water partition coefficient (Wildman–Crippen LogP) is 6.08. The Balaban J connectivity index is 1.24. The first-order valence-corrected chi connectivity index (χ1v) is 16.8. The number of hydrogen-bond acceptors (Lipinski definition) is 6. The van der Waals surface area contributed by atoms with Gasteiger partial charge in [-0.15, -0.1) is 0 Å². The van der Waals surface area contributed by atoms with Crippen LogP contribution in [0.25, 0.3) is 10.9 Å². The molecule has 246 valence electrons. The van der Waals surface area contributed by atoms with Gasteiger partial charge in [-0.3, -0.25) is 14.3 Å². The highest BCUT2D eigenvalue weighted by Crippen LogP contribution is 2.49. The Morgan fingerprint density at radius 3 is 2.57 bits per heavy atom. The number of hydrogen-bond donors (Lipinski definition) is 3. The fraction of sp³-hybridized carbons (Fsp3) is 0.432. The van der Waals surface area contributed by atoms with E-state index in [1.54, 1.807) is 29.9 Å². The molecule has 1 aromatic heterocycles. The number of rotatable bonds is 8. The summed E-state index contributed by atoms with van der Waals surface area (Å²) >= 11 is 0. The van der Waals surface area contributed by atoms with Gasteiger partial charge in [0.05, 0.1) is 42.4 Å². The minimum absolute atomic E-state index is 0.0191. The molecule has 1 aliphatic carbocycles. The molecule has 3 aromatic carbocycles. The number of aliphatic hydroxyl groups is 1. The lowest BCUT2D eigenvalue weighted by atomic mass is 9.76. The van der Waals surface area contributed by atoms with E-state index in [9.17, 15) is 14.7 Å². The smallest absolute Gasteiger partial charge is 0.257 e. The van der Waals surface area contributed by atoms with Gasteiger partial charge in [0.2, 0.25) is 5.91 Å². The zero-order chi connectivity index (χ0) is 32.5. The largest absolute Gasteiger partial charge is 0.394 e. The second-order valence-corrected chi connectivity index (χ2v) is 13.2. The Morgan fingerprint density at radius 1 is 1.02 bits per heavy atom. The molecule has 0 radical (unpaired) electrons. The lowest BCUT2D eigenvalue weighted by Crippen LogP contribution is -2.54. The molecule has 3 heterocycles. The summed E-state index contributed by atoms with van der Waals surface area (Å²) in [5, 5.41) is 21.3. The molecule has 0 bridgehead atoms. The van der Waals surface area contributed by atoms with Gasteiger partial charge in [0.1, 0.15) is 5.82 Å². The monoisotopic (exact) mass is 639 g/mol. The number of carbonyl (C=O) groups excluding carboxylic acids is 2. The number of anilines is 2. The highest BCUT2D eigenvalue weighted by Gasteiger charge is 2.50. The lowest BCUT2D eigenvalue weighted by Gasteiger charge is -2.48. The number of carbonyl (C=O) groups is 2. The second kappa shape index (κ2) is 13.4. The SMILES string of the molecule is Cc1cccc(F)c1C(=O)N1C2CCCC2CC(C(=O)Nc2ccc3c(cnn3CCO)c2)C1c1ccc(NC2CCOCC2)cc1. The second-order valence-electron chi connectivity index (χ2n) is 13.2. The molecule has 3 N–H and O–H groups in total. The fourth-order valence-corrected chi connectivity index (χ4v) is 7.99. The van der Waals surface area contributed by atoms with Gasteiger partial charge in [0.25, 0.3) is 5.91 Å². The van der Waals surface area contributed by atoms with Gasteiger partial charge in [-0.1, -0.05) is 30.7 Å². The molecule has 4 unspecified atom stereocenters. The van der Waals surface area contributed by atoms with Crippen molar-refractivity contribution in [1.29, 1.82) is 0 Å². The number of likely N-dealkylation sites (tertiary alicyclic amines) is 1. The topological polar surface area (TPSA) is 109 Å². The number of halogens is 1. The number of aromatic nitrogens is 2. The van der Waals surface area contributed by atoms with Crippen molar-refractivity contribution < 1.29 is 23.8 Å². The summed E-state index contributed by atoms with van der Waals surface area (Å²) in [7, 11) is 0. The van der Waals surface area contributed by atoms with E-state index in [0.717, 1.165) is 67.5 Å². The number of fused-ring (bicyclic) bond motifs is 2. The highest BCUT2D eigenvalue weighted by molar-refractivity contribution is 5.99. The molecule has 3 fully saturated rings. The summed E-state index contributed by atoms with van der Waals surface area (Å²) in [5.74, 6) is -1.47. The van der Waals surface area contributed by atoms with Crippen LogP contribution in [0.15, 0.2) is 66.9 Å². The zero-order valence-corrected chi connectivity index (χ0v) is 26.7. The van der Waals surface area contributed by atoms with Crippen molar-refractivity contribution in [2.45, 2.75) is 70.1 Å². The zero-order valence-electron chi connectivity index (χ0n) is 26.7. The molecule has 0 spiro atoms. The molecule has 2 saturated heterocycles. The quantitative estimate of drug-likeness (QED) is 0.216. The number of benzene rings is 3. The number of aryl methyl sites for hydroxylation is 1. The molecule has 7 rings (SSSR count). The summed E-state index contributed by atoms with van der Waals surface area (Å²) < 4.78 is 22.6. The first-order chi connectivity index (χ1) is 22.9. The average Bonchev–Trinajstić information content (AvgIpc) is 3.71. The number of nitrogens with one attached hydrogen (secondary N) is 2. The van der Waals surface area contributed by atoms with E-state index in [1.165, 1.54) is 6.07 Å². The summed E-state index contributed by atoms with van der Waals surface area (Å²) in [4.78, 5) is 30.7. The van der Waals surface area contributed by atoms with E-state index < -0.39 is 17.8 Å². The number of amides is 2. The average molecular weight is 640 g/mol. The molecular formula is C37H42FN5O4. The predicted molar refractivity (Wildman–Crippen MR) is 179 cm³/mol. The van der Waals surface area contributed by atoms with E-state index in [1.807, 2.05) is 47.4 Å². The summed E-state index contributed by atoms with van der Waals surface area (Å²) in [6.07, 6.45) is 6.94. The maximum atomic E-state index is 15.4. The number of piperidine rings is 1. The number of aliphatic hydroxyl groups excluding tert-OH is 1. The van der Waals surface area contributed by atoms with Crippen molar-refractivity contribution in [3.63, 3.8) is 0 Å². The molecular weight excluding hydrogens is 597 g/mol. The summed E-state index contributed by atoms with van der Waals surface area (Å²) in [6, 6.07) is 18.1. The molecule has 47 heavy (non-hydrogen) atoms. The van der Waals surface area contributed by atoms with Crippen LogP contribution < -0.4 is 10.6 Å². The van der Waals surface area contributed by atoms with E-state index in [0.29, 0.717) is 30.3 Å². The van der Waals surface area contributed by atoms with Crippen molar-refractivity contribution >= 4 is 34.1 Å². The fourth-order valence-electron chi connectivity index (χ4n) is 7.99. The number of nitrogens with zero attached hydrogens (tertiary/aromatic N) is 3. The molecule has 4 atom stereocenters. The van der Waals surface area contributed by atoms with E-state index in [4.69, 9.17) is 4.74 Å². The van der Waals surface area contributed by atoms with Crippen LogP contribution in [0.4, 0.5) is 15.8 Å². The third-order valence-electron chi connectivity index (χ3n) is 10.3. The van der Waals surface area contributed by atoms with Gasteiger partial charge in [0, 0.05) is 42.1 Å². The van der Waals surface area contributed by atoms with E-state index >= 15 is 4.39 Å². The Kier molecular flexibility index (Phi) is 8.96. The van der Waals surface area contributed by atoms with Crippen LogP contribution in [-0.2, 0) is 16.1 Å². The van der Waals surface area contributed by atoms with Crippen molar-refractivity contribution in [1.82, 2.24) is 14.7 Å². The van der Waals surface area contributed by atoms with Crippen LogP contribution in [0, 0.1) is 24.6 Å². The van der Waals surface area contributed by atoms with Gasteiger partial charge in [-0.25, -0.2) is 4.39 Å². The maximum Gasteiger partial charge on any atom is 0.257 e. The third kappa shape index (κ3) is 6.24. The van der Waals surface area contributed by atoms with Crippen LogP contribution in [0.3, 0.4) is 0 Å². The first-order valence-electron chi connectivity index (χ1n) is 16.8. The molecule has 3 aliphatic rings. The highest BCUT2D eigenvalue weighted by atomic mass is 19.1. The van der Waals surface area contributed by atoms with Crippen molar-refractivity contribution in [3.8, 4) is 0 Å². The Bertz CT molecular complexity index is 1730. The Morgan fingerprint density at radius 2 is 1.81 bits per heavy atom. The number of ether oxygens (including phenoxy) is 1. The summed E-state index contributed by atoms with van der Waals surface area (Å²) in [5.41, 5.74) is 4.00. The third-order valence-corrected chi connectivity index (χ3v) is 10.3. The summed E-state index contributed by atoms with van der Waals surface area (Å²) in [6.45, 7) is 3.61. The molecule has 1 saturated carbocycles. The lowest BCUT2D eigenvalue weighted by molar-refractivity contribution is -0.125. The molecule has 10 heteroatoms. The minimum Gasteiger partial charge on any atom is -0.394 e. The minimum atomic E-state index is -0.575. The van der Waals surface area contributed by atoms with E-state index in [2.05, 4.69) is 15.7 Å². The standard InChI is InChI=1S/C37H42FN5O4/c1-23-4-2-6-31(38)34(23)37(46)43-33-7-3-5-25(33)21-30(35(43)24-8-10-27(11-9-24)40-28-14-18-47-19-15-28)36(45)41-29-12-13-32-26(20-29)22-39-42(32)16-17-44/h2,4,6,8-13,20,22,25,28,30,33,35,40,44H,3,5,7,14-19,21H2,1H3,(H,41,45). The van der Waals surface area contributed by atoms with Crippen LogP contribution >= 0.6 is 0 Å². The molecule has 9 nitrogen and oxygen atoms in total. The van der Waals surface area contributed by atoms with Crippen molar-refractivity contribution in [3.05, 3.63) is 89.4 Å². The van der Waals surface area contributed by atoms with Gasteiger partial charge in [-0.2, -0.15) is 5.10 Å². The van der Waals surface area contributed by atoms with Crippen LogP contribution in [0.2, 0.25) is 0 Å². The normalized spacial score (nSPS) is 23.1. The van der Waals surface area contributed by atoms with Gasteiger partial charge in [-0.05, 0) is 92.5 Å². The Labute approximate surface area is 274 Å². The Hall–Kier alpha value is -4.28. The first kappa shape index (κ1) is 31.3. The van der Waals surface area contributed by atoms with E-state index in [-0.39, 0.29) is 35.9 Å². The van der Waals surface area contributed by atoms with Crippen molar-refractivity contribution in [2.75, 3.05) is 30.5 Å². The molecule has 2 aliphatic heterocycles. The maximum absolute atomic E-state index is 15.4. The van der Waals surface area contributed by atoms with Crippen LogP contribution in [0.1, 0.15) is 66.1 Å².